The van der Waals surface area contributed by atoms with E-state index >= 15 is 0 Å². The van der Waals surface area contributed by atoms with Gasteiger partial charge in [0.05, 0.1) is 16.3 Å². The van der Waals surface area contributed by atoms with Crippen LogP contribution in [0.15, 0.2) is 48.5 Å². The van der Waals surface area contributed by atoms with E-state index in [1.807, 2.05) is 0 Å². The van der Waals surface area contributed by atoms with Crippen LogP contribution >= 0.6 is 0 Å². The van der Waals surface area contributed by atoms with Gasteiger partial charge in [-0.05, 0) is 49.1 Å². The Morgan fingerprint density at radius 1 is 1.15 bits per heavy atom. The van der Waals surface area contributed by atoms with Crippen LogP contribution < -0.4 is 10.2 Å². The Labute approximate surface area is 156 Å². The molecule has 140 valence electrons. The van der Waals surface area contributed by atoms with E-state index in [4.69, 9.17) is 0 Å². The monoisotopic (exact) mass is 369 g/mol. The van der Waals surface area contributed by atoms with Crippen LogP contribution in [0.25, 0.3) is 6.08 Å². The molecule has 1 amide bonds. The van der Waals surface area contributed by atoms with E-state index < -0.39 is 16.6 Å². The first kappa shape index (κ1) is 18.6. The van der Waals surface area contributed by atoms with Gasteiger partial charge in [0.25, 0.3) is 5.69 Å². The Balaban J connectivity index is 1.74. The Hall–Kier alpha value is -3.22. The molecule has 0 atom stereocenters. The minimum atomic E-state index is -0.491. The maximum atomic E-state index is 13.7. The van der Waals surface area contributed by atoms with Crippen molar-refractivity contribution in [2.24, 2.45) is 0 Å². The lowest BCUT2D eigenvalue weighted by atomic mass is 10.1. The van der Waals surface area contributed by atoms with Crippen LogP contribution in [0.1, 0.15) is 24.8 Å². The number of nitrogens with one attached hydrogen (secondary N) is 1. The van der Waals surface area contributed by atoms with Crippen molar-refractivity contribution >= 4 is 29.0 Å². The van der Waals surface area contributed by atoms with Crippen LogP contribution in [0, 0.1) is 15.9 Å². The van der Waals surface area contributed by atoms with E-state index in [0.29, 0.717) is 11.3 Å². The minimum Gasteiger partial charge on any atom is -0.370 e. The van der Waals surface area contributed by atoms with Gasteiger partial charge in [-0.25, -0.2) is 4.39 Å². The topological polar surface area (TPSA) is 75.5 Å². The van der Waals surface area contributed by atoms with Gasteiger partial charge in [-0.15, -0.1) is 0 Å². The molecule has 1 fully saturated rings. The minimum absolute atomic E-state index is 0.0462. The standard InChI is InChI=1S/C20H20FN3O3/c21-16-8-9-19(23-11-2-1-3-12-23)18(14-16)22-20(25)10-7-15-5-4-6-17(13-15)24(26)27/h4-10,13-14H,1-3,11-12H2,(H,22,25)/b10-7+. The maximum Gasteiger partial charge on any atom is 0.270 e. The van der Waals surface area contributed by atoms with Crippen LogP contribution in [0.4, 0.5) is 21.5 Å². The molecule has 0 bridgehead atoms. The van der Waals surface area contributed by atoms with Crippen LogP contribution in [0.5, 0.6) is 0 Å². The summed E-state index contributed by atoms with van der Waals surface area (Å²) in [4.78, 5) is 24.7. The van der Waals surface area contributed by atoms with Crippen molar-refractivity contribution in [1.82, 2.24) is 0 Å². The first-order valence-corrected chi connectivity index (χ1v) is 8.81. The van der Waals surface area contributed by atoms with Gasteiger partial charge in [-0.3, -0.25) is 14.9 Å². The number of carbonyl (C=O) groups is 1. The summed E-state index contributed by atoms with van der Waals surface area (Å²) in [5, 5.41) is 13.5. The fourth-order valence-corrected chi connectivity index (χ4v) is 3.11. The molecule has 1 aliphatic heterocycles. The number of nitro benzene ring substituents is 1. The van der Waals surface area contributed by atoms with Crippen molar-refractivity contribution in [3.05, 3.63) is 70.0 Å². The zero-order chi connectivity index (χ0) is 19.2. The highest BCUT2D eigenvalue weighted by atomic mass is 19.1. The van der Waals surface area contributed by atoms with Gasteiger partial charge in [0.1, 0.15) is 5.82 Å². The average Bonchev–Trinajstić information content (AvgIpc) is 2.67. The Morgan fingerprint density at radius 2 is 1.93 bits per heavy atom. The van der Waals surface area contributed by atoms with Gasteiger partial charge in [-0.1, -0.05) is 12.1 Å². The molecular weight excluding hydrogens is 349 g/mol. The molecule has 0 aliphatic carbocycles. The molecule has 7 heteroatoms. The molecule has 27 heavy (non-hydrogen) atoms. The van der Waals surface area contributed by atoms with Crippen LogP contribution in [-0.2, 0) is 4.79 Å². The number of rotatable bonds is 5. The van der Waals surface area contributed by atoms with Crippen LogP contribution in [0.2, 0.25) is 0 Å². The number of halogens is 1. The molecule has 2 aromatic rings. The molecule has 6 nitrogen and oxygen atoms in total. The number of amides is 1. The van der Waals surface area contributed by atoms with Crippen LogP contribution in [-0.4, -0.2) is 23.9 Å². The number of anilines is 2. The van der Waals surface area contributed by atoms with E-state index in [1.165, 1.54) is 42.8 Å². The summed E-state index contributed by atoms with van der Waals surface area (Å²) in [7, 11) is 0. The van der Waals surface area contributed by atoms with Crippen molar-refractivity contribution in [2.45, 2.75) is 19.3 Å². The average molecular weight is 369 g/mol. The third-order valence-electron chi connectivity index (χ3n) is 4.42. The molecule has 0 spiro atoms. The Kier molecular flexibility index (Phi) is 5.80. The van der Waals surface area contributed by atoms with Gasteiger partial charge in [0, 0.05) is 31.3 Å². The van der Waals surface area contributed by atoms with Gasteiger partial charge in [-0.2, -0.15) is 0 Å². The van der Waals surface area contributed by atoms with Crippen molar-refractivity contribution in [1.29, 1.82) is 0 Å². The van der Waals surface area contributed by atoms with Gasteiger partial charge in [0.15, 0.2) is 0 Å². The van der Waals surface area contributed by atoms with E-state index in [-0.39, 0.29) is 5.69 Å². The molecule has 0 radical (unpaired) electrons. The van der Waals surface area contributed by atoms with E-state index in [9.17, 15) is 19.3 Å². The number of piperidine rings is 1. The zero-order valence-corrected chi connectivity index (χ0v) is 14.7. The second kappa shape index (κ2) is 8.44. The fourth-order valence-electron chi connectivity index (χ4n) is 3.11. The molecule has 0 unspecified atom stereocenters. The number of hydrogen-bond donors (Lipinski definition) is 1. The molecule has 1 saturated heterocycles. The normalized spacial score (nSPS) is 14.3. The summed E-state index contributed by atoms with van der Waals surface area (Å²) in [6, 6.07) is 10.4. The molecule has 1 N–H and O–H groups in total. The molecule has 0 saturated carbocycles. The quantitative estimate of drug-likeness (QED) is 0.482. The highest BCUT2D eigenvalue weighted by Crippen LogP contribution is 2.29. The molecule has 3 rings (SSSR count). The summed E-state index contributed by atoms with van der Waals surface area (Å²) < 4.78 is 13.7. The first-order valence-electron chi connectivity index (χ1n) is 8.81. The highest BCUT2D eigenvalue weighted by molar-refractivity contribution is 6.03. The number of nitrogens with zero attached hydrogens (tertiary/aromatic N) is 2. The largest absolute Gasteiger partial charge is 0.370 e. The third-order valence-corrected chi connectivity index (χ3v) is 4.42. The van der Waals surface area contributed by atoms with Crippen LogP contribution in [0.3, 0.4) is 0 Å². The SMILES string of the molecule is O=C(/C=C/c1cccc([N+](=O)[O-])c1)Nc1cc(F)ccc1N1CCCCC1. The molecule has 1 aliphatic rings. The molecule has 2 aromatic carbocycles. The molecule has 0 aromatic heterocycles. The number of carbonyl (C=O) groups excluding carboxylic acids is 1. The lowest BCUT2D eigenvalue weighted by Crippen LogP contribution is -2.30. The number of benzene rings is 2. The number of hydrogen-bond acceptors (Lipinski definition) is 4. The Bertz CT molecular complexity index is 877. The number of nitro groups is 1. The fraction of sp³-hybridized carbons (Fsp3) is 0.250. The van der Waals surface area contributed by atoms with Crippen molar-refractivity contribution < 1.29 is 14.1 Å². The van der Waals surface area contributed by atoms with E-state index in [0.717, 1.165) is 31.6 Å². The lowest BCUT2D eigenvalue weighted by molar-refractivity contribution is -0.384. The summed E-state index contributed by atoms with van der Waals surface area (Å²) >= 11 is 0. The van der Waals surface area contributed by atoms with Gasteiger partial charge >= 0.3 is 0 Å². The maximum absolute atomic E-state index is 13.7. The second-order valence-electron chi connectivity index (χ2n) is 6.38. The first-order chi connectivity index (χ1) is 13.0. The predicted molar refractivity (Wildman–Crippen MR) is 103 cm³/mol. The zero-order valence-electron chi connectivity index (χ0n) is 14.7. The van der Waals surface area contributed by atoms with E-state index in [1.54, 1.807) is 18.2 Å². The van der Waals surface area contributed by atoms with Crippen molar-refractivity contribution in [3.63, 3.8) is 0 Å². The number of non-ortho nitro benzene ring substituents is 1. The summed E-state index contributed by atoms with van der Waals surface area (Å²) in [5.74, 6) is -0.848. The van der Waals surface area contributed by atoms with Gasteiger partial charge in [0.2, 0.25) is 5.91 Å². The second-order valence-corrected chi connectivity index (χ2v) is 6.38. The summed E-state index contributed by atoms with van der Waals surface area (Å²) in [5.41, 5.74) is 1.71. The lowest BCUT2D eigenvalue weighted by Gasteiger charge is -2.30. The smallest absolute Gasteiger partial charge is 0.270 e. The van der Waals surface area contributed by atoms with Crippen molar-refractivity contribution in [2.75, 3.05) is 23.3 Å². The van der Waals surface area contributed by atoms with Gasteiger partial charge < -0.3 is 10.2 Å². The highest BCUT2D eigenvalue weighted by Gasteiger charge is 2.16. The van der Waals surface area contributed by atoms with Crippen molar-refractivity contribution in [3.8, 4) is 0 Å². The predicted octanol–water partition coefficient (Wildman–Crippen LogP) is 4.38. The third kappa shape index (κ3) is 4.91. The molecular formula is C20H20FN3O3. The molecule has 1 heterocycles. The Morgan fingerprint density at radius 3 is 2.67 bits per heavy atom. The van der Waals surface area contributed by atoms with E-state index in [2.05, 4.69) is 10.2 Å². The summed E-state index contributed by atoms with van der Waals surface area (Å²) in [6.45, 7) is 1.75. The summed E-state index contributed by atoms with van der Waals surface area (Å²) in [6.07, 6.45) is 6.08.